The maximum Gasteiger partial charge on any atom is 0.268 e. The normalized spacial score (nSPS) is 16.5. The fourth-order valence-electron chi connectivity index (χ4n) is 3.42. The molecule has 1 unspecified atom stereocenters. The second-order valence-corrected chi connectivity index (χ2v) is 7.71. The first-order valence-electron chi connectivity index (χ1n) is 8.37. The molecule has 0 bridgehead atoms. The summed E-state index contributed by atoms with van der Waals surface area (Å²) in [7, 11) is 1.88. The molecule has 6 heteroatoms. The van der Waals surface area contributed by atoms with Gasteiger partial charge >= 0.3 is 0 Å². The molecular weight excluding hydrogens is 368 g/mol. The summed E-state index contributed by atoms with van der Waals surface area (Å²) in [5.41, 5.74) is 3.81. The lowest BCUT2D eigenvalue weighted by Crippen LogP contribution is -2.35. The molecule has 3 aromatic rings. The molecule has 1 amide bonds. The number of ether oxygens (including phenoxy) is 1. The van der Waals surface area contributed by atoms with E-state index in [4.69, 9.17) is 16.3 Å². The van der Waals surface area contributed by atoms with Gasteiger partial charge in [-0.1, -0.05) is 23.7 Å². The van der Waals surface area contributed by atoms with E-state index in [1.807, 2.05) is 35.9 Å². The number of amides is 1. The number of nitrogens with one attached hydrogen (secondary N) is 1. The number of carbonyl (C=O) groups excluding carboxylic acids is 1. The van der Waals surface area contributed by atoms with Crippen LogP contribution >= 0.6 is 23.4 Å². The van der Waals surface area contributed by atoms with Crippen LogP contribution in [0.2, 0.25) is 5.02 Å². The molecular formula is C20H19ClN2O2S. The van der Waals surface area contributed by atoms with Crippen molar-refractivity contribution in [3.8, 4) is 0 Å². The number of hydrogen-bond acceptors (Lipinski definition) is 3. The van der Waals surface area contributed by atoms with Crippen molar-refractivity contribution in [3.63, 3.8) is 0 Å². The van der Waals surface area contributed by atoms with Gasteiger partial charge in [-0.25, -0.2) is 0 Å². The molecule has 1 aromatic heterocycles. The van der Waals surface area contributed by atoms with Crippen LogP contribution in [0.3, 0.4) is 0 Å². The molecule has 26 heavy (non-hydrogen) atoms. The van der Waals surface area contributed by atoms with Gasteiger partial charge in [0.25, 0.3) is 5.91 Å². The number of carbonyl (C=O) groups is 1. The minimum absolute atomic E-state index is 0.116. The molecule has 1 N–H and O–H groups in total. The van der Waals surface area contributed by atoms with Crippen molar-refractivity contribution < 1.29 is 9.53 Å². The van der Waals surface area contributed by atoms with Crippen LogP contribution in [-0.4, -0.2) is 23.3 Å². The Morgan fingerprint density at radius 3 is 2.92 bits per heavy atom. The van der Waals surface area contributed by atoms with Gasteiger partial charge in [-0.3, -0.25) is 4.79 Å². The van der Waals surface area contributed by atoms with E-state index in [9.17, 15) is 4.79 Å². The lowest BCUT2D eigenvalue weighted by Gasteiger charge is -2.27. The van der Waals surface area contributed by atoms with Gasteiger partial charge in [-0.15, -0.1) is 11.8 Å². The smallest absolute Gasteiger partial charge is 0.268 e. The zero-order valence-corrected chi connectivity index (χ0v) is 16.2. The van der Waals surface area contributed by atoms with Crippen LogP contribution in [0.15, 0.2) is 47.4 Å². The predicted octanol–water partition coefficient (Wildman–Crippen LogP) is 4.55. The van der Waals surface area contributed by atoms with Crippen LogP contribution in [-0.2, 0) is 18.4 Å². The Bertz CT molecular complexity index is 999. The fraction of sp³-hybridized carbons (Fsp3) is 0.250. The molecule has 0 radical (unpaired) electrons. The lowest BCUT2D eigenvalue weighted by molar-refractivity contribution is 0.0703. The molecule has 0 fully saturated rings. The van der Waals surface area contributed by atoms with Gasteiger partial charge in [0.1, 0.15) is 5.69 Å². The van der Waals surface area contributed by atoms with Gasteiger partial charge in [0, 0.05) is 27.9 Å². The topological polar surface area (TPSA) is 43.3 Å². The van der Waals surface area contributed by atoms with Gasteiger partial charge < -0.3 is 14.6 Å². The van der Waals surface area contributed by atoms with Crippen LogP contribution in [0.4, 0.5) is 0 Å². The molecule has 0 aliphatic carbocycles. The zero-order valence-electron chi connectivity index (χ0n) is 14.6. The van der Waals surface area contributed by atoms with Crippen molar-refractivity contribution in [3.05, 3.63) is 64.3 Å². The maximum atomic E-state index is 12.9. The number of rotatable bonds is 3. The molecule has 1 aliphatic rings. The predicted molar refractivity (Wildman–Crippen MR) is 106 cm³/mol. The van der Waals surface area contributed by atoms with Crippen LogP contribution in [0.5, 0.6) is 0 Å². The number of aromatic nitrogens is 1. The minimum atomic E-state index is -0.149. The molecule has 0 spiro atoms. The summed E-state index contributed by atoms with van der Waals surface area (Å²) in [6.45, 7) is 1.07. The third-order valence-electron chi connectivity index (χ3n) is 4.81. The molecule has 1 atom stereocenters. The average Bonchev–Trinajstić information content (AvgIpc) is 2.98. The highest BCUT2D eigenvalue weighted by atomic mass is 35.5. The van der Waals surface area contributed by atoms with E-state index in [2.05, 4.69) is 29.8 Å². The summed E-state index contributed by atoms with van der Waals surface area (Å²) in [5.74, 6) is -0.116. The summed E-state index contributed by atoms with van der Waals surface area (Å²) in [6.07, 6.45) is 2.05. The molecule has 1 aliphatic heterocycles. The molecule has 2 aromatic carbocycles. The van der Waals surface area contributed by atoms with Crippen molar-refractivity contribution in [1.29, 1.82) is 0 Å². The van der Waals surface area contributed by atoms with Crippen LogP contribution in [0.1, 0.15) is 27.7 Å². The number of hydrogen-bond donors (Lipinski definition) is 1. The number of thioether (sulfide) groups is 1. The summed E-state index contributed by atoms with van der Waals surface area (Å²) in [6, 6.07) is 13.7. The Labute approximate surface area is 161 Å². The number of halogens is 1. The third-order valence-corrected chi connectivity index (χ3v) is 5.77. The van der Waals surface area contributed by atoms with E-state index >= 15 is 0 Å². The Kier molecular flexibility index (Phi) is 4.69. The van der Waals surface area contributed by atoms with E-state index in [-0.39, 0.29) is 11.9 Å². The molecule has 4 rings (SSSR count). The van der Waals surface area contributed by atoms with Crippen molar-refractivity contribution in [2.75, 3.05) is 12.9 Å². The van der Waals surface area contributed by atoms with Crippen LogP contribution in [0.25, 0.3) is 10.9 Å². The highest BCUT2D eigenvalue weighted by Gasteiger charge is 2.24. The van der Waals surface area contributed by atoms with Crippen molar-refractivity contribution in [2.45, 2.75) is 17.5 Å². The highest BCUT2D eigenvalue weighted by Crippen LogP contribution is 2.29. The highest BCUT2D eigenvalue weighted by molar-refractivity contribution is 7.98. The maximum absolute atomic E-state index is 12.9. The van der Waals surface area contributed by atoms with Crippen LogP contribution < -0.4 is 5.32 Å². The molecule has 0 saturated heterocycles. The van der Waals surface area contributed by atoms with Crippen LogP contribution in [0, 0.1) is 0 Å². The summed E-state index contributed by atoms with van der Waals surface area (Å²) in [4.78, 5) is 14.1. The molecule has 134 valence electrons. The van der Waals surface area contributed by atoms with E-state index < -0.39 is 0 Å². The first-order valence-corrected chi connectivity index (χ1v) is 9.97. The van der Waals surface area contributed by atoms with Gasteiger partial charge in [-0.2, -0.15) is 0 Å². The lowest BCUT2D eigenvalue weighted by atomic mass is 9.99. The van der Waals surface area contributed by atoms with E-state index in [0.29, 0.717) is 23.9 Å². The van der Waals surface area contributed by atoms with Crippen molar-refractivity contribution in [1.82, 2.24) is 9.88 Å². The average molecular weight is 387 g/mol. The second kappa shape index (κ2) is 6.99. The van der Waals surface area contributed by atoms with Crippen molar-refractivity contribution in [2.24, 2.45) is 7.05 Å². The summed E-state index contributed by atoms with van der Waals surface area (Å²) < 4.78 is 7.57. The largest absolute Gasteiger partial charge is 0.374 e. The third kappa shape index (κ3) is 3.11. The number of benzene rings is 2. The Morgan fingerprint density at radius 2 is 2.12 bits per heavy atom. The standard InChI is InChI=1S/C20H19ClN2O2S/c1-23-18-9-14(21)4-3-12(18)8-19(23)20(24)22-17-11-25-10-13-7-15(26-2)5-6-16(13)17/h3-9,17H,10-11H2,1-2H3,(H,22,24). The van der Waals surface area contributed by atoms with E-state index in [1.165, 1.54) is 4.90 Å². The Hall–Kier alpha value is -1.95. The summed E-state index contributed by atoms with van der Waals surface area (Å²) >= 11 is 7.79. The van der Waals surface area contributed by atoms with Gasteiger partial charge in [0.05, 0.1) is 19.3 Å². The Balaban J connectivity index is 1.63. The second-order valence-electron chi connectivity index (χ2n) is 6.40. The number of fused-ring (bicyclic) bond motifs is 2. The van der Waals surface area contributed by atoms with Gasteiger partial charge in [0.2, 0.25) is 0 Å². The van der Waals surface area contributed by atoms with E-state index in [1.54, 1.807) is 11.8 Å². The quantitative estimate of drug-likeness (QED) is 0.671. The first-order chi connectivity index (χ1) is 12.6. The number of aryl methyl sites for hydroxylation is 1. The SMILES string of the molecule is CSc1ccc2c(c1)COCC2NC(=O)c1cc2ccc(Cl)cc2n1C. The van der Waals surface area contributed by atoms with Crippen molar-refractivity contribution >= 4 is 40.2 Å². The fourth-order valence-corrected chi connectivity index (χ4v) is 4.05. The van der Waals surface area contributed by atoms with Gasteiger partial charge in [0.15, 0.2) is 0 Å². The monoisotopic (exact) mass is 386 g/mol. The minimum Gasteiger partial charge on any atom is -0.374 e. The Morgan fingerprint density at radius 1 is 1.27 bits per heavy atom. The molecule has 2 heterocycles. The molecule has 0 saturated carbocycles. The van der Waals surface area contributed by atoms with Gasteiger partial charge in [-0.05, 0) is 47.7 Å². The first kappa shape index (κ1) is 17.5. The van der Waals surface area contributed by atoms with E-state index in [0.717, 1.165) is 22.0 Å². The summed E-state index contributed by atoms with van der Waals surface area (Å²) in [5, 5.41) is 4.77. The molecule has 4 nitrogen and oxygen atoms in total. The number of nitrogens with zero attached hydrogens (tertiary/aromatic N) is 1. The zero-order chi connectivity index (χ0) is 18.3.